The largest absolute Gasteiger partial charge is 0.449 e. The number of aromatic nitrogens is 2. The summed E-state index contributed by atoms with van der Waals surface area (Å²) in [5.74, 6) is -1.28. The Morgan fingerprint density at radius 2 is 1.93 bits per heavy atom. The van der Waals surface area contributed by atoms with Gasteiger partial charge in [-0.2, -0.15) is 10.4 Å². The average Bonchev–Trinajstić information content (AvgIpc) is 3.02. The number of esters is 1. The fourth-order valence-electron chi connectivity index (χ4n) is 2.65. The molecule has 3 aromatic rings. The van der Waals surface area contributed by atoms with Crippen molar-refractivity contribution in [1.82, 2.24) is 9.78 Å². The second-order valence-electron chi connectivity index (χ2n) is 6.23. The van der Waals surface area contributed by atoms with E-state index in [-0.39, 0.29) is 10.7 Å². The molecule has 1 atom stereocenters. The molecule has 7 nitrogen and oxygen atoms in total. The third kappa shape index (κ3) is 4.45. The summed E-state index contributed by atoms with van der Waals surface area (Å²) >= 11 is 6.35. The number of hydrogen-bond acceptors (Lipinski definition) is 5. The van der Waals surface area contributed by atoms with Gasteiger partial charge >= 0.3 is 5.97 Å². The summed E-state index contributed by atoms with van der Waals surface area (Å²) in [5.41, 5.74) is 2.02. The van der Waals surface area contributed by atoms with E-state index in [0.29, 0.717) is 22.6 Å². The zero-order chi connectivity index (χ0) is 21.0. The normalized spacial score (nSPS) is 11.4. The van der Waals surface area contributed by atoms with Crippen molar-refractivity contribution in [2.75, 3.05) is 5.32 Å². The smallest absolute Gasteiger partial charge is 0.344 e. The lowest BCUT2D eigenvalue weighted by molar-refractivity contribution is -0.123. The molecule has 2 aromatic carbocycles. The molecule has 0 radical (unpaired) electrons. The van der Waals surface area contributed by atoms with Gasteiger partial charge < -0.3 is 10.1 Å². The number of anilines is 1. The van der Waals surface area contributed by atoms with E-state index in [1.54, 1.807) is 37.3 Å². The summed E-state index contributed by atoms with van der Waals surface area (Å²) in [5, 5.41) is 15.9. The zero-order valence-corrected chi connectivity index (χ0v) is 16.5. The number of nitrogens with one attached hydrogen (secondary N) is 1. The van der Waals surface area contributed by atoms with Crippen molar-refractivity contribution in [3.63, 3.8) is 0 Å². The van der Waals surface area contributed by atoms with E-state index in [2.05, 4.69) is 10.4 Å². The predicted octanol–water partition coefficient (Wildman–Crippen LogP) is 3.89. The molecule has 1 N–H and O–H groups in total. The first-order chi connectivity index (χ1) is 13.9. The monoisotopic (exact) mass is 408 g/mol. The molecule has 1 aromatic heterocycles. The third-order valence-corrected chi connectivity index (χ3v) is 4.47. The van der Waals surface area contributed by atoms with E-state index in [0.717, 1.165) is 0 Å². The van der Waals surface area contributed by atoms with Crippen LogP contribution in [0.25, 0.3) is 5.69 Å². The van der Waals surface area contributed by atoms with Gasteiger partial charge in [0.2, 0.25) is 0 Å². The number of hydrogen-bond donors (Lipinski definition) is 1. The number of rotatable bonds is 5. The minimum Gasteiger partial charge on any atom is -0.449 e. The fraction of sp³-hybridized carbons (Fsp3) is 0.143. The molecule has 1 amide bonds. The lowest BCUT2D eigenvalue weighted by Crippen LogP contribution is -2.30. The highest BCUT2D eigenvalue weighted by Gasteiger charge is 2.26. The van der Waals surface area contributed by atoms with Crippen LogP contribution in [0.5, 0.6) is 0 Å². The minimum atomic E-state index is -1.08. The number of nitriles is 1. The maximum absolute atomic E-state index is 12.6. The summed E-state index contributed by atoms with van der Waals surface area (Å²) in [6.07, 6.45) is -1.08. The Morgan fingerprint density at radius 3 is 2.62 bits per heavy atom. The molecule has 0 saturated carbocycles. The van der Waals surface area contributed by atoms with Crippen molar-refractivity contribution < 1.29 is 14.3 Å². The maximum atomic E-state index is 12.6. The molecule has 146 valence electrons. The van der Waals surface area contributed by atoms with Gasteiger partial charge in [-0.3, -0.25) is 4.79 Å². The van der Waals surface area contributed by atoms with Crippen LogP contribution in [-0.2, 0) is 9.53 Å². The first-order valence-electron chi connectivity index (χ1n) is 8.73. The van der Waals surface area contributed by atoms with Gasteiger partial charge in [0.05, 0.1) is 23.0 Å². The van der Waals surface area contributed by atoms with Crippen LogP contribution < -0.4 is 5.32 Å². The fourth-order valence-corrected chi connectivity index (χ4v) is 3.00. The zero-order valence-electron chi connectivity index (χ0n) is 15.7. The Bertz CT molecular complexity index is 1100. The van der Waals surface area contributed by atoms with Crippen LogP contribution in [0.3, 0.4) is 0 Å². The molecule has 1 heterocycles. The molecule has 8 heteroatoms. The van der Waals surface area contributed by atoms with Gasteiger partial charge in [0, 0.05) is 5.69 Å². The van der Waals surface area contributed by atoms with Crippen LogP contribution in [0, 0.1) is 18.3 Å². The van der Waals surface area contributed by atoms with Crippen LogP contribution >= 0.6 is 11.6 Å². The Hall–Kier alpha value is -3.63. The van der Waals surface area contributed by atoms with Crippen molar-refractivity contribution in [3.8, 4) is 11.8 Å². The first kappa shape index (κ1) is 20.1. The van der Waals surface area contributed by atoms with Gasteiger partial charge in [-0.05, 0) is 44.2 Å². The molecule has 0 aliphatic heterocycles. The van der Waals surface area contributed by atoms with Gasteiger partial charge in [-0.1, -0.05) is 35.9 Å². The number of carbonyl (C=O) groups is 2. The molecule has 3 rings (SSSR count). The molecule has 0 aliphatic carbocycles. The summed E-state index contributed by atoms with van der Waals surface area (Å²) < 4.78 is 6.72. The lowest BCUT2D eigenvalue weighted by Gasteiger charge is -2.13. The average molecular weight is 409 g/mol. The van der Waals surface area contributed by atoms with Crippen LogP contribution in [0.1, 0.15) is 28.5 Å². The molecule has 1 unspecified atom stereocenters. The summed E-state index contributed by atoms with van der Waals surface area (Å²) in [4.78, 5) is 25.0. The van der Waals surface area contributed by atoms with Crippen molar-refractivity contribution in [1.29, 1.82) is 5.26 Å². The van der Waals surface area contributed by atoms with Crippen LogP contribution in [0.15, 0.2) is 54.6 Å². The first-order valence-corrected chi connectivity index (χ1v) is 9.11. The summed E-state index contributed by atoms with van der Waals surface area (Å²) in [6, 6.07) is 17.5. The predicted molar refractivity (Wildman–Crippen MR) is 108 cm³/mol. The standard InChI is InChI=1S/C21H17ClN4O3/c1-13-18(19(22)26(25-13)17-9-4-3-5-10-17)21(28)29-14(2)20(27)24-16-8-6-7-15(11-16)12-23/h3-11,14H,1-2H3,(H,24,27). The Kier molecular flexibility index (Phi) is 5.96. The number of halogens is 1. The van der Waals surface area contributed by atoms with Crippen LogP contribution in [0.2, 0.25) is 5.15 Å². The maximum Gasteiger partial charge on any atom is 0.344 e. The molecule has 0 saturated heterocycles. The number of para-hydroxylation sites is 1. The van der Waals surface area contributed by atoms with Gasteiger partial charge in [0.25, 0.3) is 5.91 Å². The molecule has 0 fully saturated rings. The van der Waals surface area contributed by atoms with Crippen molar-refractivity contribution in [2.45, 2.75) is 20.0 Å². The Morgan fingerprint density at radius 1 is 1.21 bits per heavy atom. The van der Waals surface area contributed by atoms with Crippen molar-refractivity contribution in [3.05, 3.63) is 76.6 Å². The van der Waals surface area contributed by atoms with Crippen LogP contribution in [-0.4, -0.2) is 27.8 Å². The number of amides is 1. The molecule has 0 spiro atoms. The van der Waals surface area contributed by atoms with Crippen molar-refractivity contribution >= 4 is 29.2 Å². The SMILES string of the molecule is Cc1nn(-c2ccccc2)c(Cl)c1C(=O)OC(C)C(=O)Nc1cccc(C#N)c1. The van der Waals surface area contributed by atoms with E-state index >= 15 is 0 Å². The van der Waals surface area contributed by atoms with E-state index in [4.69, 9.17) is 21.6 Å². The van der Waals surface area contributed by atoms with E-state index < -0.39 is 18.0 Å². The molecule has 0 aliphatic rings. The number of benzene rings is 2. The summed E-state index contributed by atoms with van der Waals surface area (Å²) in [7, 11) is 0. The molecular weight excluding hydrogens is 392 g/mol. The van der Waals surface area contributed by atoms with Crippen LogP contribution in [0.4, 0.5) is 5.69 Å². The van der Waals surface area contributed by atoms with Gasteiger partial charge in [-0.25, -0.2) is 9.48 Å². The summed E-state index contributed by atoms with van der Waals surface area (Å²) in [6.45, 7) is 3.09. The highest BCUT2D eigenvalue weighted by molar-refractivity contribution is 6.33. The quantitative estimate of drug-likeness (QED) is 0.646. The Labute approximate surface area is 172 Å². The van der Waals surface area contributed by atoms with Crippen molar-refractivity contribution in [2.24, 2.45) is 0 Å². The number of carbonyl (C=O) groups excluding carboxylic acids is 2. The molecule has 0 bridgehead atoms. The minimum absolute atomic E-state index is 0.0987. The topological polar surface area (TPSA) is 97.0 Å². The highest BCUT2D eigenvalue weighted by atomic mass is 35.5. The molecular formula is C21H17ClN4O3. The van der Waals surface area contributed by atoms with Gasteiger partial charge in [0.15, 0.2) is 6.10 Å². The van der Waals surface area contributed by atoms with E-state index in [9.17, 15) is 9.59 Å². The van der Waals surface area contributed by atoms with Gasteiger partial charge in [-0.15, -0.1) is 0 Å². The van der Waals surface area contributed by atoms with E-state index in [1.807, 2.05) is 24.3 Å². The number of aryl methyl sites for hydroxylation is 1. The Balaban J connectivity index is 1.73. The third-order valence-electron chi connectivity index (χ3n) is 4.12. The second-order valence-corrected chi connectivity index (χ2v) is 6.59. The van der Waals surface area contributed by atoms with Gasteiger partial charge in [0.1, 0.15) is 10.7 Å². The highest BCUT2D eigenvalue weighted by Crippen LogP contribution is 2.24. The molecule has 29 heavy (non-hydrogen) atoms. The van der Waals surface area contributed by atoms with E-state index in [1.165, 1.54) is 17.7 Å². The lowest BCUT2D eigenvalue weighted by atomic mass is 10.2. The number of ether oxygens (including phenoxy) is 1. The second kappa shape index (κ2) is 8.59. The number of nitrogens with zero attached hydrogens (tertiary/aromatic N) is 3.